The van der Waals surface area contributed by atoms with E-state index in [-0.39, 0.29) is 5.97 Å². The molecule has 0 saturated heterocycles. The zero-order chi connectivity index (χ0) is 15.5. The molecule has 0 saturated carbocycles. The first-order valence-corrected chi connectivity index (χ1v) is 7.09. The summed E-state index contributed by atoms with van der Waals surface area (Å²) >= 11 is 5.85. The van der Waals surface area contributed by atoms with Gasteiger partial charge in [0.1, 0.15) is 11.5 Å². The summed E-state index contributed by atoms with van der Waals surface area (Å²) in [7, 11) is 1.61. The predicted octanol–water partition coefficient (Wildman–Crippen LogP) is 4.33. The third-order valence-electron chi connectivity index (χ3n) is 3.29. The number of esters is 1. The Labute approximate surface area is 133 Å². The zero-order valence-electron chi connectivity index (χ0n) is 11.9. The summed E-state index contributed by atoms with van der Waals surface area (Å²) < 4.78 is 10.4. The molecular weight excluding hydrogens is 300 g/mol. The van der Waals surface area contributed by atoms with Crippen LogP contribution in [0.15, 0.2) is 60.2 Å². The van der Waals surface area contributed by atoms with E-state index in [1.807, 2.05) is 36.4 Å². The van der Waals surface area contributed by atoms with E-state index >= 15 is 0 Å². The van der Waals surface area contributed by atoms with Crippen molar-refractivity contribution >= 4 is 29.4 Å². The molecule has 110 valence electrons. The Balaban J connectivity index is 1.88. The van der Waals surface area contributed by atoms with E-state index in [2.05, 4.69) is 0 Å². The second kappa shape index (κ2) is 6.08. The summed E-state index contributed by atoms with van der Waals surface area (Å²) in [6, 6.07) is 14.6. The maximum absolute atomic E-state index is 12.0. The number of hydrogen-bond donors (Lipinski definition) is 0. The van der Waals surface area contributed by atoms with Crippen molar-refractivity contribution in [2.75, 3.05) is 7.11 Å². The number of rotatable bonds is 3. The van der Waals surface area contributed by atoms with E-state index < -0.39 is 0 Å². The second-order valence-corrected chi connectivity index (χ2v) is 5.21. The molecule has 22 heavy (non-hydrogen) atoms. The quantitative estimate of drug-likeness (QED) is 0.625. The summed E-state index contributed by atoms with van der Waals surface area (Å²) in [5.41, 5.74) is 2.23. The van der Waals surface area contributed by atoms with E-state index in [1.54, 1.807) is 31.4 Å². The Morgan fingerprint density at radius 1 is 1.05 bits per heavy atom. The molecule has 1 heterocycles. The number of benzene rings is 2. The number of carbonyl (C=O) groups excluding carboxylic acids is 1. The molecule has 0 bridgehead atoms. The van der Waals surface area contributed by atoms with Crippen molar-refractivity contribution in [2.24, 2.45) is 0 Å². The van der Waals surface area contributed by atoms with Crippen LogP contribution in [0.2, 0.25) is 5.02 Å². The average molecular weight is 313 g/mol. The first kappa shape index (κ1) is 14.4. The van der Waals surface area contributed by atoms with Crippen LogP contribution in [0.1, 0.15) is 11.1 Å². The predicted molar refractivity (Wildman–Crippen MR) is 86.5 cm³/mol. The molecular formula is C18H13ClO3. The first-order chi connectivity index (χ1) is 10.7. The Kier molecular flexibility index (Phi) is 3.98. The summed E-state index contributed by atoms with van der Waals surface area (Å²) in [5, 5.41) is 0.658. The minimum Gasteiger partial charge on any atom is -0.497 e. The number of methoxy groups -OCH3 is 1. The molecule has 1 aliphatic heterocycles. The van der Waals surface area contributed by atoms with Crippen LogP contribution in [0.4, 0.5) is 0 Å². The SMILES string of the molecule is COc1ccc(C2=C/C(=C\c3ccc(Cl)cc3)C(=O)O2)cc1. The van der Waals surface area contributed by atoms with Crippen molar-refractivity contribution in [3.05, 3.63) is 76.3 Å². The molecule has 4 heteroatoms. The van der Waals surface area contributed by atoms with Gasteiger partial charge in [0.15, 0.2) is 0 Å². The van der Waals surface area contributed by atoms with Crippen LogP contribution in [-0.4, -0.2) is 13.1 Å². The fourth-order valence-electron chi connectivity index (χ4n) is 2.13. The Bertz CT molecular complexity index is 756. The van der Waals surface area contributed by atoms with E-state index in [0.717, 1.165) is 16.9 Å². The van der Waals surface area contributed by atoms with Gasteiger partial charge in [0.2, 0.25) is 0 Å². The minimum absolute atomic E-state index is 0.360. The van der Waals surface area contributed by atoms with Crippen LogP contribution >= 0.6 is 11.6 Å². The number of cyclic esters (lactones) is 1. The topological polar surface area (TPSA) is 35.5 Å². The third-order valence-corrected chi connectivity index (χ3v) is 3.54. The first-order valence-electron chi connectivity index (χ1n) is 6.71. The molecule has 1 aliphatic rings. The zero-order valence-corrected chi connectivity index (χ0v) is 12.6. The molecule has 0 spiro atoms. The maximum Gasteiger partial charge on any atom is 0.343 e. The third kappa shape index (κ3) is 3.05. The van der Waals surface area contributed by atoms with Gasteiger partial charge in [-0.05, 0) is 54.1 Å². The lowest BCUT2D eigenvalue weighted by Gasteiger charge is -2.03. The monoisotopic (exact) mass is 312 g/mol. The summed E-state index contributed by atoms with van der Waals surface area (Å²) in [6.07, 6.45) is 3.51. The molecule has 0 aromatic heterocycles. The van der Waals surface area contributed by atoms with Gasteiger partial charge >= 0.3 is 5.97 Å². The van der Waals surface area contributed by atoms with Gasteiger partial charge in [-0.15, -0.1) is 0 Å². The molecule has 0 radical (unpaired) electrons. The second-order valence-electron chi connectivity index (χ2n) is 4.78. The van der Waals surface area contributed by atoms with Gasteiger partial charge in [0.25, 0.3) is 0 Å². The highest BCUT2D eigenvalue weighted by Crippen LogP contribution is 2.28. The van der Waals surface area contributed by atoms with Crippen molar-refractivity contribution in [2.45, 2.75) is 0 Å². The Morgan fingerprint density at radius 3 is 2.36 bits per heavy atom. The van der Waals surface area contributed by atoms with E-state index in [4.69, 9.17) is 21.1 Å². The van der Waals surface area contributed by atoms with Crippen molar-refractivity contribution in [1.82, 2.24) is 0 Å². The van der Waals surface area contributed by atoms with Crippen molar-refractivity contribution < 1.29 is 14.3 Å². The lowest BCUT2D eigenvalue weighted by atomic mass is 10.1. The van der Waals surface area contributed by atoms with Gasteiger partial charge in [-0.2, -0.15) is 0 Å². The Morgan fingerprint density at radius 2 is 1.73 bits per heavy atom. The average Bonchev–Trinajstić information content (AvgIpc) is 2.91. The molecule has 0 aliphatic carbocycles. The van der Waals surface area contributed by atoms with Gasteiger partial charge in [0.05, 0.1) is 12.7 Å². The van der Waals surface area contributed by atoms with Crippen LogP contribution in [0.25, 0.3) is 11.8 Å². The summed E-state index contributed by atoms with van der Waals surface area (Å²) in [6.45, 7) is 0. The number of hydrogen-bond acceptors (Lipinski definition) is 3. The molecule has 0 atom stereocenters. The minimum atomic E-state index is -0.360. The molecule has 2 aromatic rings. The van der Waals surface area contributed by atoms with Crippen molar-refractivity contribution in [3.63, 3.8) is 0 Å². The number of ether oxygens (including phenoxy) is 2. The maximum atomic E-state index is 12.0. The van der Waals surface area contributed by atoms with E-state index in [0.29, 0.717) is 16.4 Å². The normalized spacial score (nSPS) is 15.6. The van der Waals surface area contributed by atoms with E-state index in [1.165, 1.54) is 0 Å². The largest absolute Gasteiger partial charge is 0.497 e. The fourth-order valence-corrected chi connectivity index (χ4v) is 2.25. The van der Waals surface area contributed by atoms with Crippen LogP contribution in [0.3, 0.4) is 0 Å². The fraction of sp³-hybridized carbons (Fsp3) is 0.0556. The lowest BCUT2D eigenvalue weighted by molar-refractivity contribution is -0.130. The van der Waals surface area contributed by atoms with Gasteiger partial charge in [-0.1, -0.05) is 23.7 Å². The molecule has 2 aromatic carbocycles. The molecule has 3 rings (SSSR count). The van der Waals surface area contributed by atoms with Crippen molar-refractivity contribution in [3.8, 4) is 5.75 Å². The lowest BCUT2D eigenvalue weighted by Crippen LogP contribution is -1.97. The van der Waals surface area contributed by atoms with Gasteiger partial charge in [0, 0.05) is 10.6 Å². The standard InChI is InChI=1S/C18H13ClO3/c1-21-16-8-4-13(5-9-16)17-11-14(18(20)22-17)10-12-2-6-15(19)7-3-12/h2-11H,1H3/b14-10+. The smallest absolute Gasteiger partial charge is 0.343 e. The highest BCUT2D eigenvalue weighted by Gasteiger charge is 2.21. The van der Waals surface area contributed by atoms with Crippen LogP contribution < -0.4 is 4.74 Å². The summed E-state index contributed by atoms with van der Waals surface area (Å²) in [5.74, 6) is 0.930. The number of halogens is 1. The molecule has 0 amide bonds. The van der Waals surface area contributed by atoms with E-state index in [9.17, 15) is 4.79 Å². The summed E-state index contributed by atoms with van der Waals surface area (Å²) in [4.78, 5) is 12.0. The van der Waals surface area contributed by atoms with Crippen molar-refractivity contribution in [1.29, 1.82) is 0 Å². The highest BCUT2D eigenvalue weighted by atomic mass is 35.5. The van der Waals surface area contributed by atoms with Gasteiger partial charge < -0.3 is 9.47 Å². The molecule has 3 nitrogen and oxygen atoms in total. The Hall–Kier alpha value is -2.52. The molecule has 0 N–H and O–H groups in total. The molecule has 0 unspecified atom stereocenters. The van der Waals surface area contributed by atoms with Crippen LogP contribution in [-0.2, 0) is 9.53 Å². The number of carbonyl (C=O) groups is 1. The highest BCUT2D eigenvalue weighted by molar-refractivity contribution is 6.30. The van der Waals surface area contributed by atoms with Gasteiger partial charge in [-0.3, -0.25) is 0 Å². The van der Waals surface area contributed by atoms with Crippen LogP contribution in [0, 0.1) is 0 Å². The van der Waals surface area contributed by atoms with Crippen LogP contribution in [0.5, 0.6) is 5.75 Å². The van der Waals surface area contributed by atoms with Gasteiger partial charge in [-0.25, -0.2) is 4.79 Å². The molecule has 0 fully saturated rings.